The number of carbonyl (C=O) groups excluding carboxylic acids is 1. The second-order valence-corrected chi connectivity index (χ2v) is 4.65. The van der Waals surface area contributed by atoms with E-state index in [0.717, 1.165) is 0 Å². The van der Waals surface area contributed by atoms with Gasteiger partial charge in [-0.1, -0.05) is 29.3 Å². The Morgan fingerprint density at radius 3 is 2.68 bits per heavy atom. The summed E-state index contributed by atoms with van der Waals surface area (Å²) in [5.74, 6) is -1.40. The smallest absolute Gasteiger partial charge is 0.187 e. The molecule has 0 N–H and O–H groups in total. The molecule has 0 spiro atoms. The number of carbonyl (C=O) groups is 1. The van der Waals surface area contributed by atoms with Crippen molar-refractivity contribution in [1.82, 2.24) is 4.98 Å². The highest BCUT2D eigenvalue weighted by Gasteiger charge is 2.24. The number of rotatable bonds is 3. The summed E-state index contributed by atoms with van der Waals surface area (Å²) in [6.45, 7) is 0. The van der Waals surface area contributed by atoms with Crippen LogP contribution in [0.15, 0.2) is 42.6 Å². The van der Waals surface area contributed by atoms with Gasteiger partial charge in [0.05, 0.1) is 16.8 Å². The van der Waals surface area contributed by atoms with Crippen LogP contribution in [0.25, 0.3) is 0 Å². The molecule has 0 saturated heterocycles. The number of hydrogen-bond acceptors (Lipinski definition) is 3. The molecule has 2 aromatic rings. The lowest BCUT2D eigenvalue weighted by Gasteiger charge is -2.09. The lowest BCUT2D eigenvalue weighted by molar-refractivity contribution is 0.0977. The molecule has 1 aromatic heterocycles. The Labute approximate surface area is 120 Å². The van der Waals surface area contributed by atoms with Crippen LogP contribution in [-0.2, 0) is 0 Å². The molecular formula is C14H8Cl2N2O. The average molecular weight is 291 g/mol. The van der Waals surface area contributed by atoms with Crippen LogP contribution in [0.5, 0.6) is 0 Å². The fraction of sp³-hybridized carbons (Fsp3) is 0.0714. The number of aromatic nitrogens is 1. The first-order valence-electron chi connectivity index (χ1n) is 5.43. The fourth-order valence-corrected chi connectivity index (χ4v) is 2.03. The Bertz CT molecular complexity index is 650. The zero-order chi connectivity index (χ0) is 13.8. The lowest BCUT2D eigenvalue weighted by Crippen LogP contribution is -2.13. The molecule has 94 valence electrons. The summed E-state index contributed by atoms with van der Waals surface area (Å²) in [6.07, 6.45) is 1.53. The van der Waals surface area contributed by atoms with Gasteiger partial charge >= 0.3 is 0 Å². The molecule has 0 amide bonds. The number of hydrogen-bond donors (Lipinski definition) is 0. The second kappa shape index (κ2) is 5.83. The van der Waals surface area contributed by atoms with Gasteiger partial charge in [-0.25, -0.2) is 0 Å². The van der Waals surface area contributed by atoms with E-state index in [1.165, 1.54) is 18.3 Å². The van der Waals surface area contributed by atoms with Crippen LogP contribution in [-0.4, -0.2) is 10.8 Å². The van der Waals surface area contributed by atoms with Crippen molar-refractivity contribution in [2.75, 3.05) is 0 Å². The van der Waals surface area contributed by atoms with E-state index in [0.29, 0.717) is 10.7 Å². The third kappa shape index (κ3) is 2.93. The first-order chi connectivity index (χ1) is 9.13. The van der Waals surface area contributed by atoms with Crippen molar-refractivity contribution >= 4 is 29.0 Å². The van der Waals surface area contributed by atoms with E-state index < -0.39 is 11.7 Å². The maximum atomic E-state index is 12.3. The fourth-order valence-electron chi connectivity index (χ4n) is 1.65. The number of halogens is 2. The maximum Gasteiger partial charge on any atom is 0.187 e. The Kier molecular flexibility index (Phi) is 4.16. The van der Waals surface area contributed by atoms with Crippen LogP contribution < -0.4 is 0 Å². The predicted octanol–water partition coefficient (Wildman–Crippen LogP) is 3.88. The maximum absolute atomic E-state index is 12.3. The zero-order valence-electron chi connectivity index (χ0n) is 9.68. The molecule has 0 saturated carbocycles. The SMILES string of the molecule is N#CC(C(=O)c1cc(Cl)ccc1Cl)c1ccccn1. The Balaban J connectivity index is 2.43. The number of pyridine rings is 1. The summed E-state index contributed by atoms with van der Waals surface area (Å²) in [5, 5.41) is 9.85. The molecule has 19 heavy (non-hydrogen) atoms. The summed E-state index contributed by atoms with van der Waals surface area (Å²) >= 11 is 11.8. The quantitative estimate of drug-likeness (QED) is 0.806. The van der Waals surface area contributed by atoms with Crippen LogP contribution in [0.3, 0.4) is 0 Å². The van der Waals surface area contributed by atoms with Gasteiger partial charge in [-0.05, 0) is 30.3 Å². The van der Waals surface area contributed by atoms with Gasteiger partial charge in [-0.3, -0.25) is 9.78 Å². The lowest BCUT2D eigenvalue weighted by atomic mass is 9.95. The van der Waals surface area contributed by atoms with Crippen molar-refractivity contribution in [1.29, 1.82) is 5.26 Å². The Morgan fingerprint density at radius 1 is 1.26 bits per heavy atom. The zero-order valence-corrected chi connectivity index (χ0v) is 11.2. The largest absolute Gasteiger partial charge is 0.292 e. The number of ketones is 1. The summed E-state index contributed by atoms with van der Waals surface area (Å²) < 4.78 is 0. The van der Waals surface area contributed by atoms with Crippen molar-refractivity contribution in [2.24, 2.45) is 0 Å². The van der Waals surface area contributed by atoms with Crippen molar-refractivity contribution in [3.05, 3.63) is 63.9 Å². The summed E-state index contributed by atoms with van der Waals surface area (Å²) in [7, 11) is 0. The minimum Gasteiger partial charge on any atom is -0.292 e. The molecule has 2 rings (SSSR count). The van der Waals surface area contributed by atoms with Crippen LogP contribution >= 0.6 is 23.2 Å². The molecule has 0 fully saturated rings. The van der Waals surface area contributed by atoms with E-state index in [4.69, 9.17) is 23.2 Å². The van der Waals surface area contributed by atoms with Crippen molar-refractivity contribution < 1.29 is 4.79 Å². The normalized spacial score (nSPS) is 11.6. The van der Waals surface area contributed by atoms with Gasteiger partial charge in [0.25, 0.3) is 0 Å². The molecule has 0 aliphatic rings. The third-order valence-corrected chi connectivity index (χ3v) is 3.13. The van der Waals surface area contributed by atoms with E-state index >= 15 is 0 Å². The Hall–Kier alpha value is -1.89. The number of Topliss-reactive ketones (excluding diaryl/α,β-unsaturated/α-hetero) is 1. The van der Waals surface area contributed by atoms with E-state index in [1.807, 2.05) is 6.07 Å². The summed E-state index contributed by atoms with van der Waals surface area (Å²) in [5.41, 5.74) is 0.623. The topological polar surface area (TPSA) is 53.8 Å². The Morgan fingerprint density at radius 2 is 2.05 bits per heavy atom. The molecule has 0 aliphatic heterocycles. The van der Waals surface area contributed by atoms with Crippen molar-refractivity contribution in [3.8, 4) is 6.07 Å². The van der Waals surface area contributed by atoms with Crippen LogP contribution in [0.1, 0.15) is 22.0 Å². The third-order valence-electron chi connectivity index (χ3n) is 2.57. The molecule has 1 heterocycles. The summed E-state index contributed by atoms with van der Waals surface area (Å²) in [4.78, 5) is 16.4. The van der Waals surface area contributed by atoms with Crippen molar-refractivity contribution in [2.45, 2.75) is 5.92 Å². The summed E-state index contributed by atoms with van der Waals surface area (Å²) in [6, 6.07) is 11.6. The molecule has 1 unspecified atom stereocenters. The monoisotopic (exact) mass is 290 g/mol. The molecule has 0 bridgehead atoms. The van der Waals surface area contributed by atoms with Crippen LogP contribution in [0, 0.1) is 11.3 Å². The van der Waals surface area contributed by atoms with Gasteiger partial charge in [0, 0.05) is 16.8 Å². The van der Waals surface area contributed by atoms with Gasteiger partial charge in [-0.15, -0.1) is 0 Å². The molecule has 1 atom stereocenters. The van der Waals surface area contributed by atoms with Crippen LogP contribution in [0.2, 0.25) is 10.0 Å². The minimum atomic E-state index is -0.989. The average Bonchev–Trinajstić information content (AvgIpc) is 2.43. The molecule has 1 aromatic carbocycles. The highest BCUT2D eigenvalue weighted by Crippen LogP contribution is 2.26. The van der Waals surface area contributed by atoms with Gasteiger partial charge in [0.1, 0.15) is 0 Å². The highest BCUT2D eigenvalue weighted by molar-refractivity contribution is 6.36. The molecular weight excluding hydrogens is 283 g/mol. The van der Waals surface area contributed by atoms with Gasteiger partial charge in [0.2, 0.25) is 0 Å². The molecule has 0 radical (unpaired) electrons. The second-order valence-electron chi connectivity index (χ2n) is 3.81. The van der Waals surface area contributed by atoms with Crippen molar-refractivity contribution in [3.63, 3.8) is 0 Å². The minimum absolute atomic E-state index is 0.228. The van der Waals surface area contributed by atoms with E-state index in [-0.39, 0.29) is 10.6 Å². The molecule has 3 nitrogen and oxygen atoms in total. The highest BCUT2D eigenvalue weighted by atomic mass is 35.5. The van der Waals surface area contributed by atoms with Gasteiger partial charge < -0.3 is 0 Å². The van der Waals surface area contributed by atoms with Crippen LogP contribution in [0.4, 0.5) is 0 Å². The standard InChI is InChI=1S/C14H8Cl2N2O/c15-9-4-5-12(16)10(7-9)14(19)11(8-17)13-3-1-2-6-18-13/h1-7,11H. The van der Waals surface area contributed by atoms with E-state index in [9.17, 15) is 10.1 Å². The van der Waals surface area contributed by atoms with E-state index in [1.54, 1.807) is 24.3 Å². The first kappa shape index (κ1) is 13.5. The molecule has 5 heteroatoms. The first-order valence-corrected chi connectivity index (χ1v) is 6.19. The number of nitrogens with zero attached hydrogens (tertiary/aromatic N) is 2. The predicted molar refractivity (Wildman–Crippen MR) is 73.4 cm³/mol. The molecule has 0 aliphatic carbocycles. The number of benzene rings is 1. The van der Waals surface area contributed by atoms with E-state index in [2.05, 4.69) is 4.98 Å². The number of nitriles is 1. The van der Waals surface area contributed by atoms with Gasteiger partial charge in [-0.2, -0.15) is 5.26 Å². The van der Waals surface area contributed by atoms with Gasteiger partial charge in [0.15, 0.2) is 11.7 Å².